The molecule has 0 spiro atoms. The molecule has 0 fully saturated rings. The number of nitrogens with one attached hydrogen (secondary N) is 1. The highest BCUT2D eigenvalue weighted by molar-refractivity contribution is 6.31. The average Bonchev–Trinajstić information content (AvgIpc) is 2.81. The van der Waals surface area contributed by atoms with Gasteiger partial charge >= 0.3 is 5.97 Å². The molecule has 1 N–H and O–H groups in total. The number of hydrogen-bond donors (Lipinski definition) is 1. The van der Waals surface area contributed by atoms with Gasteiger partial charge < -0.3 is 14.6 Å². The van der Waals surface area contributed by atoms with Gasteiger partial charge in [-0.15, -0.1) is 0 Å². The monoisotopic (exact) mass is 278 g/mol. The van der Waals surface area contributed by atoms with E-state index in [1.807, 2.05) is 30.1 Å². The molecule has 1 aromatic carbocycles. The van der Waals surface area contributed by atoms with Crippen LogP contribution in [0.25, 0.3) is 0 Å². The van der Waals surface area contributed by atoms with Crippen molar-refractivity contribution in [3.8, 4) is 0 Å². The number of ether oxygens (including phenoxy) is 1. The van der Waals surface area contributed by atoms with Crippen LogP contribution in [-0.2, 0) is 18.3 Å². The number of rotatable bonds is 4. The van der Waals surface area contributed by atoms with Crippen LogP contribution in [0.5, 0.6) is 0 Å². The van der Waals surface area contributed by atoms with E-state index < -0.39 is 0 Å². The maximum absolute atomic E-state index is 11.7. The summed E-state index contributed by atoms with van der Waals surface area (Å²) >= 11 is 5.95. The Balaban J connectivity index is 2.18. The van der Waals surface area contributed by atoms with Crippen molar-refractivity contribution in [3.05, 3.63) is 52.8 Å². The van der Waals surface area contributed by atoms with Gasteiger partial charge in [-0.25, -0.2) is 4.79 Å². The van der Waals surface area contributed by atoms with Crippen LogP contribution in [0.4, 0.5) is 5.69 Å². The number of anilines is 1. The fourth-order valence-corrected chi connectivity index (χ4v) is 1.99. The van der Waals surface area contributed by atoms with Gasteiger partial charge in [0.1, 0.15) is 0 Å². The van der Waals surface area contributed by atoms with Gasteiger partial charge in [0.05, 0.1) is 18.4 Å². The largest absolute Gasteiger partial charge is 0.465 e. The predicted octanol–water partition coefficient (Wildman–Crippen LogP) is 3.08. The van der Waals surface area contributed by atoms with Crippen LogP contribution < -0.4 is 5.32 Å². The molecule has 0 aliphatic carbocycles. The summed E-state index contributed by atoms with van der Waals surface area (Å²) in [5.41, 5.74) is 2.27. The first kappa shape index (κ1) is 13.5. The highest BCUT2D eigenvalue weighted by atomic mass is 35.5. The van der Waals surface area contributed by atoms with Crippen LogP contribution in [0.15, 0.2) is 36.7 Å². The number of hydrogen-bond acceptors (Lipinski definition) is 3. The first-order valence-corrected chi connectivity index (χ1v) is 6.20. The number of nitrogens with zero attached hydrogens (tertiary/aromatic N) is 1. The molecule has 0 aliphatic rings. The molecular weight excluding hydrogens is 264 g/mol. The molecule has 5 heteroatoms. The Hall–Kier alpha value is -1.94. The lowest BCUT2D eigenvalue weighted by molar-refractivity contribution is 0.0602. The number of carbonyl (C=O) groups is 1. The van der Waals surface area contributed by atoms with Gasteiger partial charge in [0, 0.05) is 31.0 Å². The van der Waals surface area contributed by atoms with E-state index in [-0.39, 0.29) is 5.97 Å². The smallest absolute Gasteiger partial charge is 0.339 e. The minimum Gasteiger partial charge on any atom is -0.465 e. The van der Waals surface area contributed by atoms with Crippen LogP contribution in [-0.4, -0.2) is 17.6 Å². The Morgan fingerprint density at radius 1 is 1.42 bits per heavy atom. The summed E-state index contributed by atoms with van der Waals surface area (Å²) in [4.78, 5) is 11.7. The predicted molar refractivity (Wildman–Crippen MR) is 75.5 cm³/mol. The van der Waals surface area contributed by atoms with Crippen molar-refractivity contribution in [1.82, 2.24) is 4.57 Å². The van der Waals surface area contributed by atoms with Crippen LogP contribution >= 0.6 is 11.6 Å². The third kappa shape index (κ3) is 3.29. The second-order valence-corrected chi connectivity index (χ2v) is 4.66. The van der Waals surface area contributed by atoms with Crippen LogP contribution in [0.1, 0.15) is 15.9 Å². The third-order valence-corrected chi connectivity index (χ3v) is 3.00. The molecule has 0 amide bonds. The summed E-state index contributed by atoms with van der Waals surface area (Å²) in [5, 5.41) is 3.77. The van der Waals surface area contributed by atoms with Gasteiger partial charge in [0.15, 0.2) is 0 Å². The minimum absolute atomic E-state index is 0.382. The number of halogens is 1. The Morgan fingerprint density at radius 2 is 2.21 bits per heavy atom. The van der Waals surface area contributed by atoms with Gasteiger partial charge in [-0.2, -0.15) is 0 Å². The van der Waals surface area contributed by atoms with Crippen molar-refractivity contribution in [2.75, 3.05) is 12.4 Å². The van der Waals surface area contributed by atoms with Crippen molar-refractivity contribution >= 4 is 23.3 Å². The molecule has 0 bridgehead atoms. The molecule has 0 unspecified atom stereocenters. The molecule has 0 saturated carbocycles. The molecule has 0 saturated heterocycles. The highest BCUT2D eigenvalue weighted by Crippen LogP contribution is 2.22. The third-order valence-electron chi connectivity index (χ3n) is 2.76. The van der Waals surface area contributed by atoms with E-state index >= 15 is 0 Å². The van der Waals surface area contributed by atoms with E-state index in [0.29, 0.717) is 22.8 Å². The molecule has 2 rings (SSSR count). The summed E-state index contributed by atoms with van der Waals surface area (Å²) in [6.45, 7) is 0.616. The lowest BCUT2D eigenvalue weighted by atomic mass is 10.1. The Morgan fingerprint density at radius 3 is 2.84 bits per heavy atom. The van der Waals surface area contributed by atoms with E-state index in [4.69, 9.17) is 16.3 Å². The van der Waals surface area contributed by atoms with E-state index in [9.17, 15) is 4.79 Å². The molecule has 0 radical (unpaired) electrons. The van der Waals surface area contributed by atoms with Gasteiger partial charge in [-0.1, -0.05) is 11.6 Å². The fourth-order valence-electron chi connectivity index (χ4n) is 1.81. The number of esters is 1. The van der Waals surface area contributed by atoms with E-state index in [0.717, 1.165) is 5.56 Å². The molecule has 2 aromatic rings. The van der Waals surface area contributed by atoms with Crippen molar-refractivity contribution in [2.45, 2.75) is 6.54 Å². The SMILES string of the molecule is COC(=O)c1ccc(Cl)cc1NCc1ccn(C)c1. The molecular formula is C14H15ClN2O2. The topological polar surface area (TPSA) is 43.3 Å². The number of methoxy groups -OCH3 is 1. The van der Waals surface area contributed by atoms with Gasteiger partial charge in [-0.05, 0) is 29.8 Å². The van der Waals surface area contributed by atoms with E-state index in [1.54, 1.807) is 18.2 Å². The summed E-state index contributed by atoms with van der Waals surface area (Å²) in [5.74, 6) is -0.382. The summed E-state index contributed by atoms with van der Waals surface area (Å²) < 4.78 is 6.72. The molecule has 100 valence electrons. The number of aryl methyl sites for hydroxylation is 1. The summed E-state index contributed by atoms with van der Waals surface area (Å²) in [6, 6.07) is 7.05. The second-order valence-electron chi connectivity index (χ2n) is 4.22. The zero-order valence-electron chi connectivity index (χ0n) is 10.8. The lowest BCUT2D eigenvalue weighted by Gasteiger charge is -2.10. The Labute approximate surface area is 116 Å². The molecule has 19 heavy (non-hydrogen) atoms. The van der Waals surface area contributed by atoms with Gasteiger partial charge in [0.2, 0.25) is 0 Å². The first-order valence-electron chi connectivity index (χ1n) is 5.82. The molecule has 1 heterocycles. The van der Waals surface area contributed by atoms with Crippen LogP contribution in [0, 0.1) is 0 Å². The molecule has 0 aliphatic heterocycles. The number of benzene rings is 1. The van der Waals surface area contributed by atoms with E-state index in [1.165, 1.54) is 7.11 Å². The van der Waals surface area contributed by atoms with Gasteiger partial charge in [-0.3, -0.25) is 0 Å². The Kier molecular flexibility index (Phi) is 4.12. The van der Waals surface area contributed by atoms with Crippen molar-refractivity contribution in [3.63, 3.8) is 0 Å². The first-order chi connectivity index (χ1) is 9.10. The van der Waals surface area contributed by atoms with Crippen LogP contribution in [0.3, 0.4) is 0 Å². The molecule has 1 aromatic heterocycles. The maximum atomic E-state index is 11.7. The van der Waals surface area contributed by atoms with Crippen molar-refractivity contribution in [1.29, 1.82) is 0 Å². The van der Waals surface area contributed by atoms with Crippen molar-refractivity contribution in [2.24, 2.45) is 7.05 Å². The quantitative estimate of drug-likeness (QED) is 0.874. The second kappa shape index (κ2) is 5.80. The lowest BCUT2D eigenvalue weighted by Crippen LogP contribution is -2.08. The zero-order valence-corrected chi connectivity index (χ0v) is 11.6. The normalized spacial score (nSPS) is 10.3. The Bertz CT molecular complexity index is 593. The van der Waals surface area contributed by atoms with Crippen LogP contribution in [0.2, 0.25) is 5.02 Å². The fraction of sp³-hybridized carbons (Fsp3) is 0.214. The number of aromatic nitrogens is 1. The van der Waals surface area contributed by atoms with Gasteiger partial charge in [0.25, 0.3) is 0 Å². The molecule has 0 atom stereocenters. The summed E-state index contributed by atoms with van der Waals surface area (Å²) in [7, 11) is 3.32. The van der Waals surface area contributed by atoms with E-state index in [2.05, 4.69) is 5.32 Å². The standard InChI is InChI=1S/C14H15ClN2O2/c1-17-6-5-10(9-17)8-16-13-7-11(15)3-4-12(13)14(18)19-2/h3-7,9,16H,8H2,1-2H3. The summed E-state index contributed by atoms with van der Waals surface area (Å²) in [6.07, 6.45) is 3.98. The number of carbonyl (C=O) groups excluding carboxylic acids is 1. The van der Waals surface area contributed by atoms with Crippen molar-refractivity contribution < 1.29 is 9.53 Å². The highest BCUT2D eigenvalue weighted by Gasteiger charge is 2.12. The zero-order chi connectivity index (χ0) is 13.8. The maximum Gasteiger partial charge on any atom is 0.339 e. The average molecular weight is 279 g/mol. The molecule has 4 nitrogen and oxygen atoms in total. The minimum atomic E-state index is -0.382.